The Hall–Kier alpha value is -5.16. The Morgan fingerprint density at radius 1 is 0.568 bits per heavy atom. The minimum Gasteiger partial charge on any atom is -0.456 e. The highest BCUT2D eigenvalue weighted by atomic mass is 16.5. The Balaban J connectivity index is 1.46. The maximum Gasteiger partial charge on any atom is 0.335 e. The van der Waals surface area contributed by atoms with Crippen LogP contribution in [0.1, 0.15) is 0 Å². The van der Waals surface area contributed by atoms with E-state index < -0.39 is 11.9 Å². The van der Waals surface area contributed by atoms with Crippen LogP contribution in [0.5, 0.6) is 11.5 Å². The second-order valence-electron chi connectivity index (χ2n) is 8.17. The number of furan rings is 1. The molecule has 5 rings (SSSR count). The second kappa shape index (κ2) is 10.2. The number of carbonyl (C=O) groups is 2. The fourth-order valence-corrected chi connectivity index (χ4v) is 4.11. The van der Waals surface area contributed by atoms with E-state index >= 15 is 0 Å². The van der Waals surface area contributed by atoms with Crippen LogP contribution in [-0.2, 0) is 9.59 Å². The van der Waals surface area contributed by atoms with Gasteiger partial charge in [-0.2, -0.15) is 0 Å². The molecule has 0 atom stereocenters. The van der Waals surface area contributed by atoms with Crippen LogP contribution >= 0.6 is 0 Å². The van der Waals surface area contributed by atoms with Gasteiger partial charge in [0.2, 0.25) is 0 Å². The predicted molar refractivity (Wildman–Crippen MR) is 144 cm³/mol. The molecule has 0 bridgehead atoms. The van der Waals surface area contributed by atoms with Crippen LogP contribution in [0.15, 0.2) is 127 Å². The van der Waals surface area contributed by atoms with Crippen molar-refractivity contribution in [2.75, 3.05) is 0 Å². The number of ether oxygens (including phenoxy) is 2. The molecule has 5 heteroatoms. The molecule has 5 aromatic rings. The molecule has 180 valence electrons. The van der Waals surface area contributed by atoms with Crippen molar-refractivity contribution in [1.29, 1.82) is 0 Å². The van der Waals surface area contributed by atoms with Gasteiger partial charge in [0.25, 0.3) is 0 Å². The largest absolute Gasteiger partial charge is 0.456 e. The van der Waals surface area contributed by atoms with E-state index in [9.17, 15) is 9.59 Å². The summed E-state index contributed by atoms with van der Waals surface area (Å²) in [5, 5.41) is 2.12. The number of esters is 2. The Kier molecular flexibility index (Phi) is 6.51. The van der Waals surface area contributed by atoms with E-state index in [1.54, 1.807) is 24.3 Å². The van der Waals surface area contributed by atoms with Crippen LogP contribution in [0.3, 0.4) is 0 Å². The number of hydrogen-bond donors (Lipinski definition) is 0. The third kappa shape index (κ3) is 4.97. The first-order valence-electron chi connectivity index (χ1n) is 11.6. The van der Waals surface area contributed by atoms with Gasteiger partial charge in [0.05, 0.1) is 0 Å². The number of rotatable bonds is 7. The molecule has 0 N–H and O–H groups in total. The SMILES string of the molecule is C=CC(=O)Oc1ccc(-c2ccc(-c3ccc(-c4ccc(OC(=O)C=C)cc4)c4ccccc34)o2)cc1. The molecule has 0 radical (unpaired) electrons. The van der Waals surface area contributed by atoms with E-state index in [-0.39, 0.29) is 0 Å². The minimum atomic E-state index is -0.504. The smallest absolute Gasteiger partial charge is 0.335 e. The zero-order valence-corrected chi connectivity index (χ0v) is 19.8. The van der Waals surface area contributed by atoms with E-state index in [0.29, 0.717) is 17.3 Å². The van der Waals surface area contributed by atoms with Crippen molar-refractivity contribution in [3.05, 3.63) is 122 Å². The Labute approximate surface area is 213 Å². The van der Waals surface area contributed by atoms with Gasteiger partial charge >= 0.3 is 11.9 Å². The summed E-state index contributed by atoms with van der Waals surface area (Å²) in [6, 6.07) is 30.6. The fraction of sp³-hybridized carbons (Fsp3) is 0. The summed E-state index contributed by atoms with van der Waals surface area (Å²) in [6.45, 7) is 6.83. The Bertz CT molecular complexity index is 1620. The molecule has 0 aliphatic carbocycles. The lowest BCUT2D eigenvalue weighted by Gasteiger charge is -2.11. The van der Waals surface area contributed by atoms with Crippen LogP contribution in [-0.4, -0.2) is 11.9 Å². The topological polar surface area (TPSA) is 65.7 Å². The summed E-state index contributed by atoms with van der Waals surface area (Å²) in [7, 11) is 0. The van der Waals surface area contributed by atoms with Gasteiger partial charge in [-0.15, -0.1) is 0 Å². The number of hydrogen-bond acceptors (Lipinski definition) is 5. The summed E-state index contributed by atoms with van der Waals surface area (Å²) >= 11 is 0. The Morgan fingerprint density at radius 2 is 1.05 bits per heavy atom. The van der Waals surface area contributed by atoms with E-state index in [2.05, 4.69) is 31.4 Å². The van der Waals surface area contributed by atoms with Crippen LogP contribution in [0.25, 0.3) is 44.5 Å². The molecule has 0 saturated heterocycles. The maximum atomic E-state index is 11.5. The van der Waals surface area contributed by atoms with E-state index in [1.807, 2.05) is 54.6 Å². The lowest BCUT2D eigenvalue weighted by molar-refractivity contribution is -0.129. The van der Waals surface area contributed by atoms with Crippen molar-refractivity contribution in [2.24, 2.45) is 0 Å². The molecule has 0 fully saturated rings. The van der Waals surface area contributed by atoms with Gasteiger partial charge < -0.3 is 13.9 Å². The van der Waals surface area contributed by atoms with Crippen molar-refractivity contribution in [3.8, 4) is 45.3 Å². The van der Waals surface area contributed by atoms with Crippen LogP contribution in [0, 0.1) is 0 Å². The van der Waals surface area contributed by atoms with Gasteiger partial charge in [0, 0.05) is 23.3 Å². The van der Waals surface area contributed by atoms with Gasteiger partial charge in [-0.1, -0.05) is 55.6 Å². The predicted octanol–water partition coefficient (Wildman–Crippen LogP) is 7.62. The molecule has 1 aromatic heterocycles. The number of carbonyl (C=O) groups excluding carboxylic acids is 2. The molecule has 5 nitrogen and oxygen atoms in total. The first-order chi connectivity index (χ1) is 18.1. The minimum absolute atomic E-state index is 0.439. The van der Waals surface area contributed by atoms with Gasteiger partial charge in [-0.3, -0.25) is 0 Å². The maximum absolute atomic E-state index is 11.5. The fourth-order valence-electron chi connectivity index (χ4n) is 4.11. The highest BCUT2D eigenvalue weighted by Gasteiger charge is 2.13. The molecule has 0 spiro atoms. The van der Waals surface area contributed by atoms with Crippen molar-refractivity contribution < 1.29 is 23.5 Å². The van der Waals surface area contributed by atoms with Gasteiger partial charge in [0.15, 0.2) is 0 Å². The summed E-state index contributed by atoms with van der Waals surface area (Å²) in [6.07, 6.45) is 2.26. The zero-order chi connectivity index (χ0) is 25.8. The van der Waals surface area contributed by atoms with Crippen LogP contribution in [0.2, 0.25) is 0 Å². The molecule has 0 saturated carbocycles. The number of fused-ring (bicyclic) bond motifs is 1. The monoisotopic (exact) mass is 486 g/mol. The van der Waals surface area contributed by atoms with E-state index in [0.717, 1.165) is 50.9 Å². The quantitative estimate of drug-likeness (QED) is 0.134. The van der Waals surface area contributed by atoms with Crippen LogP contribution in [0.4, 0.5) is 0 Å². The van der Waals surface area contributed by atoms with Crippen molar-refractivity contribution in [3.63, 3.8) is 0 Å². The molecule has 0 aliphatic heterocycles. The molecule has 0 amide bonds. The van der Waals surface area contributed by atoms with Gasteiger partial charge in [-0.25, -0.2) is 9.59 Å². The average molecular weight is 487 g/mol. The molecule has 1 heterocycles. The first kappa shape index (κ1) is 23.6. The summed E-state index contributed by atoms with van der Waals surface area (Å²) in [5.41, 5.74) is 3.89. The zero-order valence-electron chi connectivity index (χ0n) is 19.8. The highest BCUT2D eigenvalue weighted by Crippen LogP contribution is 2.38. The molecule has 0 aliphatic rings. The third-order valence-corrected chi connectivity index (χ3v) is 5.87. The van der Waals surface area contributed by atoms with Gasteiger partial charge in [-0.05, 0) is 76.5 Å². The molecule has 37 heavy (non-hydrogen) atoms. The van der Waals surface area contributed by atoms with Crippen molar-refractivity contribution in [1.82, 2.24) is 0 Å². The standard InChI is InChI=1S/C32H22O5/c1-3-31(33)35-23-13-9-21(10-14-23)25-17-18-28(27-8-6-5-7-26(25)27)30-20-19-29(37-30)22-11-15-24(16-12-22)36-32(34)4-2/h3-20H,1-2H2. The van der Waals surface area contributed by atoms with Crippen molar-refractivity contribution >= 4 is 22.7 Å². The summed E-state index contributed by atoms with van der Waals surface area (Å²) < 4.78 is 16.6. The molecule has 0 unspecified atom stereocenters. The molecular formula is C32H22O5. The number of benzene rings is 4. The van der Waals surface area contributed by atoms with E-state index in [1.165, 1.54) is 0 Å². The lowest BCUT2D eigenvalue weighted by Crippen LogP contribution is -2.02. The normalized spacial score (nSPS) is 10.6. The summed E-state index contributed by atoms with van der Waals surface area (Å²) in [5.74, 6) is 1.35. The molecule has 4 aromatic carbocycles. The van der Waals surface area contributed by atoms with Crippen molar-refractivity contribution in [2.45, 2.75) is 0 Å². The van der Waals surface area contributed by atoms with Crippen LogP contribution < -0.4 is 9.47 Å². The lowest BCUT2D eigenvalue weighted by atomic mass is 9.94. The third-order valence-electron chi connectivity index (χ3n) is 5.87. The van der Waals surface area contributed by atoms with Gasteiger partial charge in [0.1, 0.15) is 23.0 Å². The second-order valence-corrected chi connectivity index (χ2v) is 8.17. The molecular weight excluding hydrogens is 464 g/mol. The Morgan fingerprint density at radius 3 is 1.62 bits per heavy atom. The van der Waals surface area contributed by atoms with E-state index in [4.69, 9.17) is 13.9 Å². The summed E-state index contributed by atoms with van der Waals surface area (Å²) in [4.78, 5) is 22.9. The average Bonchev–Trinajstić information content (AvgIpc) is 3.43. The highest BCUT2D eigenvalue weighted by molar-refractivity contribution is 6.04. The first-order valence-corrected chi connectivity index (χ1v) is 11.6.